The molecule has 3 nitrogen and oxygen atoms in total. The first kappa shape index (κ1) is 14.0. The Morgan fingerprint density at radius 2 is 2.14 bits per heavy atom. The van der Waals surface area contributed by atoms with Gasteiger partial charge >= 0.3 is 0 Å². The van der Waals surface area contributed by atoms with E-state index in [1.54, 1.807) is 6.07 Å². The van der Waals surface area contributed by atoms with Gasteiger partial charge in [-0.15, -0.1) is 0 Å². The number of halogens is 1. The number of hydrogen-bond donors (Lipinski definition) is 2. The molecular weight excluding hydrogens is 284 g/mol. The first-order valence-corrected chi connectivity index (χ1v) is 7.38. The highest BCUT2D eigenvalue weighted by Crippen LogP contribution is 2.36. The van der Waals surface area contributed by atoms with Crippen LogP contribution in [-0.4, -0.2) is 5.91 Å². The van der Waals surface area contributed by atoms with Crippen molar-refractivity contribution in [3.05, 3.63) is 63.7 Å². The molecule has 1 amide bonds. The lowest BCUT2D eigenvalue weighted by Gasteiger charge is -2.18. The average Bonchev–Trinajstić information content (AvgIpc) is 2.83. The summed E-state index contributed by atoms with van der Waals surface area (Å²) in [5.41, 5.74) is 10.4. The van der Waals surface area contributed by atoms with Crippen molar-refractivity contribution in [2.75, 3.05) is 5.32 Å². The molecule has 0 heterocycles. The number of nitrogens with one attached hydrogen (secondary N) is 1. The molecule has 21 heavy (non-hydrogen) atoms. The Kier molecular flexibility index (Phi) is 3.60. The molecule has 2 aromatic carbocycles. The molecule has 1 atom stereocenters. The van der Waals surface area contributed by atoms with Crippen LogP contribution in [0.5, 0.6) is 0 Å². The van der Waals surface area contributed by atoms with Crippen LogP contribution in [0.1, 0.15) is 39.5 Å². The Labute approximate surface area is 129 Å². The molecule has 1 unspecified atom stereocenters. The standard InChI is InChI=1S/C17H17ClN2O/c1-10-13(17(19)21)3-2-4-15(10)20-16-8-5-11-9-12(18)6-7-14(11)16/h2-4,6-7,9,16,20H,5,8H2,1H3,(H2,19,21). The zero-order valence-electron chi connectivity index (χ0n) is 11.8. The van der Waals surface area contributed by atoms with Crippen LogP contribution in [-0.2, 0) is 6.42 Å². The van der Waals surface area contributed by atoms with E-state index < -0.39 is 5.91 Å². The number of amides is 1. The second kappa shape index (κ2) is 5.41. The predicted molar refractivity (Wildman–Crippen MR) is 85.8 cm³/mol. The van der Waals surface area contributed by atoms with Crippen molar-refractivity contribution < 1.29 is 4.79 Å². The lowest BCUT2D eigenvalue weighted by Crippen LogP contribution is -2.15. The quantitative estimate of drug-likeness (QED) is 0.904. The van der Waals surface area contributed by atoms with Gasteiger partial charge in [-0.25, -0.2) is 0 Å². The van der Waals surface area contributed by atoms with Gasteiger partial charge in [0.1, 0.15) is 0 Å². The second-order valence-corrected chi connectivity index (χ2v) is 5.86. The number of benzene rings is 2. The van der Waals surface area contributed by atoms with Crippen LogP contribution in [0.2, 0.25) is 5.02 Å². The molecule has 3 rings (SSSR count). The van der Waals surface area contributed by atoms with E-state index in [4.69, 9.17) is 17.3 Å². The van der Waals surface area contributed by atoms with Crippen LogP contribution in [0.25, 0.3) is 0 Å². The maximum absolute atomic E-state index is 11.4. The summed E-state index contributed by atoms with van der Waals surface area (Å²) in [6, 6.07) is 11.9. The van der Waals surface area contributed by atoms with Crippen LogP contribution in [0, 0.1) is 6.92 Å². The molecule has 1 aliphatic carbocycles. The number of carbonyl (C=O) groups is 1. The van der Waals surface area contributed by atoms with E-state index >= 15 is 0 Å². The Bertz CT molecular complexity index is 712. The van der Waals surface area contributed by atoms with Crippen molar-refractivity contribution in [3.63, 3.8) is 0 Å². The van der Waals surface area contributed by atoms with Crippen LogP contribution < -0.4 is 11.1 Å². The first-order chi connectivity index (χ1) is 10.1. The fourth-order valence-corrected chi connectivity index (χ4v) is 3.18. The molecule has 108 valence electrons. The summed E-state index contributed by atoms with van der Waals surface area (Å²) in [6.45, 7) is 1.92. The number of carbonyl (C=O) groups excluding carboxylic acids is 1. The van der Waals surface area contributed by atoms with Gasteiger partial charge in [0.2, 0.25) is 5.91 Å². The van der Waals surface area contributed by atoms with Crippen molar-refractivity contribution in [1.82, 2.24) is 0 Å². The molecule has 2 aromatic rings. The molecule has 0 bridgehead atoms. The molecule has 4 heteroatoms. The third-order valence-corrected chi connectivity index (χ3v) is 4.35. The molecule has 0 spiro atoms. The number of primary amides is 1. The molecule has 0 aromatic heterocycles. The summed E-state index contributed by atoms with van der Waals surface area (Å²) < 4.78 is 0. The number of fused-ring (bicyclic) bond motifs is 1. The van der Waals surface area contributed by atoms with Gasteiger partial charge in [-0.2, -0.15) is 0 Å². The fourth-order valence-electron chi connectivity index (χ4n) is 2.98. The van der Waals surface area contributed by atoms with Crippen molar-refractivity contribution in [2.45, 2.75) is 25.8 Å². The van der Waals surface area contributed by atoms with Crippen LogP contribution in [0.15, 0.2) is 36.4 Å². The third kappa shape index (κ3) is 2.61. The van der Waals surface area contributed by atoms with E-state index in [0.29, 0.717) is 5.56 Å². The van der Waals surface area contributed by atoms with Gasteiger partial charge in [0.05, 0.1) is 6.04 Å². The maximum Gasteiger partial charge on any atom is 0.249 e. The van der Waals surface area contributed by atoms with Crippen molar-refractivity contribution in [1.29, 1.82) is 0 Å². The van der Waals surface area contributed by atoms with Crippen molar-refractivity contribution in [3.8, 4) is 0 Å². The van der Waals surface area contributed by atoms with Crippen molar-refractivity contribution >= 4 is 23.2 Å². The molecule has 3 N–H and O–H groups in total. The summed E-state index contributed by atoms with van der Waals surface area (Å²) in [6.07, 6.45) is 2.04. The average molecular weight is 301 g/mol. The summed E-state index contributed by atoms with van der Waals surface area (Å²) in [5, 5.41) is 4.31. The number of hydrogen-bond acceptors (Lipinski definition) is 2. The monoisotopic (exact) mass is 300 g/mol. The summed E-state index contributed by atoms with van der Waals surface area (Å²) in [5.74, 6) is -0.394. The maximum atomic E-state index is 11.4. The predicted octanol–water partition coefficient (Wildman–Crippen LogP) is 3.85. The highest BCUT2D eigenvalue weighted by atomic mass is 35.5. The molecular formula is C17H17ClN2O. The number of nitrogens with two attached hydrogens (primary N) is 1. The Hall–Kier alpha value is -2.00. The Morgan fingerprint density at radius 3 is 2.90 bits per heavy atom. The second-order valence-electron chi connectivity index (χ2n) is 5.42. The first-order valence-electron chi connectivity index (χ1n) is 7.00. The summed E-state index contributed by atoms with van der Waals surface area (Å²) >= 11 is 6.04. The van der Waals surface area contributed by atoms with Crippen LogP contribution >= 0.6 is 11.6 Å². The minimum Gasteiger partial charge on any atom is -0.378 e. The van der Waals surface area contributed by atoms with Crippen molar-refractivity contribution in [2.24, 2.45) is 5.73 Å². The van der Waals surface area contributed by atoms with Gasteiger partial charge in [0.25, 0.3) is 0 Å². The largest absolute Gasteiger partial charge is 0.378 e. The Morgan fingerprint density at radius 1 is 1.33 bits per heavy atom. The normalized spacial score (nSPS) is 16.6. The van der Waals surface area contributed by atoms with Gasteiger partial charge in [-0.3, -0.25) is 4.79 Å². The molecule has 0 aliphatic heterocycles. The smallest absolute Gasteiger partial charge is 0.249 e. The van der Waals surface area contributed by atoms with Gasteiger partial charge in [0, 0.05) is 16.3 Å². The number of aryl methyl sites for hydroxylation is 1. The van der Waals surface area contributed by atoms with Gasteiger partial charge in [-0.1, -0.05) is 23.7 Å². The van der Waals surface area contributed by atoms with E-state index in [9.17, 15) is 4.79 Å². The van der Waals surface area contributed by atoms with E-state index in [1.165, 1.54) is 11.1 Å². The molecule has 0 fully saturated rings. The van der Waals surface area contributed by atoms with E-state index in [-0.39, 0.29) is 6.04 Å². The summed E-state index contributed by atoms with van der Waals surface area (Å²) in [4.78, 5) is 11.4. The lowest BCUT2D eigenvalue weighted by molar-refractivity contribution is 0.1000. The number of anilines is 1. The lowest BCUT2D eigenvalue weighted by atomic mass is 10.0. The SMILES string of the molecule is Cc1c(NC2CCc3cc(Cl)ccc32)cccc1C(N)=O. The molecule has 1 aliphatic rings. The van der Waals surface area contributed by atoms with E-state index in [1.807, 2.05) is 31.2 Å². The van der Waals surface area contributed by atoms with Crippen LogP contribution in [0.3, 0.4) is 0 Å². The van der Waals surface area contributed by atoms with Gasteiger partial charge in [0.15, 0.2) is 0 Å². The zero-order valence-corrected chi connectivity index (χ0v) is 12.6. The van der Waals surface area contributed by atoms with Gasteiger partial charge < -0.3 is 11.1 Å². The molecule has 0 saturated carbocycles. The van der Waals surface area contributed by atoms with Gasteiger partial charge in [-0.05, 0) is 60.7 Å². The Balaban J connectivity index is 1.90. The fraction of sp³-hybridized carbons (Fsp3) is 0.235. The topological polar surface area (TPSA) is 55.1 Å². The minimum atomic E-state index is -0.394. The van der Waals surface area contributed by atoms with E-state index in [2.05, 4.69) is 11.4 Å². The highest BCUT2D eigenvalue weighted by molar-refractivity contribution is 6.30. The molecule has 0 saturated heterocycles. The zero-order chi connectivity index (χ0) is 15.0. The molecule has 0 radical (unpaired) electrons. The third-order valence-electron chi connectivity index (χ3n) is 4.11. The minimum absolute atomic E-state index is 0.249. The number of rotatable bonds is 3. The highest BCUT2D eigenvalue weighted by Gasteiger charge is 2.23. The van der Waals surface area contributed by atoms with E-state index in [0.717, 1.165) is 29.1 Å². The summed E-state index contributed by atoms with van der Waals surface area (Å²) in [7, 11) is 0. The van der Waals surface area contributed by atoms with Crippen LogP contribution in [0.4, 0.5) is 5.69 Å².